The van der Waals surface area contributed by atoms with Gasteiger partial charge >= 0.3 is 0 Å². The first kappa shape index (κ1) is 22.6. The van der Waals surface area contributed by atoms with E-state index in [2.05, 4.69) is 48.0 Å². The van der Waals surface area contributed by atoms with Crippen LogP contribution in [-0.2, 0) is 11.3 Å². The number of hydrogen-bond acceptors (Lipinski definition) is 3. The molecule has 1 aliphatic carbocycles. The summed E-state index contributed by atoms with van der Waals surface area (Å²) in [6, 6.07) is 18.4. The highest BCUT2D eigenvalue weighted by Crippen LogP contribution is 2.35. The zero-order valence-corrected chi connectivity index (χ0v) is 19.2. The smallest absolute Gasteiger partial charge is 0.251 e. The van der Waals surface area contributed by atoms with Crippen molar-refractivity contribution in [3.05, 3.63) is 78.4 Å². The summed E-state index contributed by atoms with van der Waals surface area (Å²) < 4.78 is 6.11. The molecular formula is C28H36N2O2. The van der Waals surface area contributed by atoms with Gasteiger partial charge in [0.25, 0.3) is 5.91 Å². The van der Waals surface area contributed by atoms with Gasteiger partial charge in [-0.1, -0.05) is 56.2 Å². The van der Waals surface area contributed by atoms with Crippen molar-refractivity contribution in [2.75, 3.05) is 18.0 Å². The number of carbonyl (C=O) groups excluding carboxylic acids is 1. The van der Waals surface area contributed by atoms with Crippen LogP contribution in [0.15, 0.2) is 67.3 Å². The summed E-state index contributed by atoms with van der Waals surface area (Å²) >= 11 is 0. The predicted octanol–water partition coefficient (Wildman–Crippen LogP) is 5.59. The number of hydrogen-bond donors (Lipinski definition) is 1. The van der Waals surface area contributed by atoms with Crippen molar-refractivity contribution in [2.45, 2.75) is 57.8 Å². The topological polar surface area (TPSA) is 41.6 Å². The van der Waals surface area contributed by atoms with Gasteiger partial charge in [-0.05, 0) is 60.9 Å². The lowest BCUT2D eigenvalue weighted by Gasteiger charge is -2.22. The molecule has 1 saturated carbocycles. The minimum Gasteiger partial charge on any atom is -0.372 e. The third kappa shape index (κ3) is 5.60. The third-order valence-corrected chi connectivity index (χ3v) is 7.19. The molecule has 4 atom stereocenters. The van der Waals surface area contributed by atoms with Gasteiger partial charge in [-0.3, -0.25) is 4.79 Å². The maximum absolute atomic E-state index is 12.8. The van der Waals surface area contributed by atoms with E-state index < -0.39 is 0 Å². The van der Waals surface area contributed by atoms with Crippen molar-refractivity contribution in [1.29, 1.82) is 0 Å². The van der Waals surface area contributed by atoms with E-state index in [-0.39, 0.29) is 18.1 Å². The predicted molar refractivity (Wildman–Crippen MR) is 131 cm³/mol. The number of benzene rings is 2. The highest BCUT2D eigenvalue weighted by molar-refractivity contribution is 5.94. The number of ether oxygens (including phenoxy) is 1. The Bertz CT molecular complexity index is 880. The zero-order chi connectivity index (χ0) is 22.3. The quantitative estimate of drug-likeness (QED) is 0.525. The van der Waals surface area contributed by atoms with Crippen LogP contribution >= 0.6 is 0 Å². The normalized spacial score (nSPS) is 23.8. The summed E-state index contributed by atoms with van der Waals surface area (Å²) in [5, 5.41) is 3.21. The van der Waals surface area contributed by atoms with E-state index in [4.69, 9.17) is 4.74 Å². The highest BCUT2D eigenvalue weighted by atomic mass is 16.5. The van der Waals surface area contributed by atoms with E-state index in [1.807, 2.05) is 36.4 Å². The first-order valence-corrected chi connectivity index (χ1v) is 12.1. The van der Waals surface area contributed by atoms with E-state index >= 15 is 0 Å². The van der Waals surface area contributed by atoms with E-state index in [0.29, 0.717) is 18.1 Å². The van der Waals surface area contributed by atoms with Gasteiger partial charge in [0.2, 0.25) is 0 Å². The fourth-order valence-electron chi connectivity index (χ4n) is 5.13. The van der Waals surface area contributed by atoms with E-state index in [1.54, 1.807) is 0 Å². The molecule has 170 valence electrons. The number of rotatable bonds is 9. The van der Waals surface area contributed by atoms with Crippen LogP contribution in [0.4, 0.5) is 5.69 Å². The maximum Gasteiger partial charge on any atom is 0.251 e. The van der Waals surface area contributed by atoms with Crippen LogP contribution in [0.2, 0.25) is 0 Å². The molecule has 4 heteroatoms. The zero-order valence-electron chi connectivity index (χ0n) is 19.2. The van der Waals surface area contributed by atoms with Crippen LogP contribution < -0.4 is 10.2 Å². The number of anilines is 1. The third-order valence-electron chi connectivity index (χ3n) is 7.19. The fraction of sp³-hybridized carbons (Fsp3) is 0.464. The van der Waals surface area contributed by atoms with Gasteiger partial charge in [-0.15, -0.1) is 6.58 Å². The largest absolute Gasteiger partial charge is 0.372 e. The molecule has 0 aromatic heterocycles. The fourth-order valence-corrected chi connectivity index (χ4v) is 5.13. The number of carbonyl (C=O) groups is 1. The summed E-state index contributed by atoms with van der Waals surface area (Å²) in [6.07, 6.45) is 8.04. The monoisotopic (exact) mass is 432 g/mol. The second-order valence-electron chi connectivity index (χ2n) is 9.28. The van der Waals surface area contributed by atoms with Crippen LogP contribution in [0.5, 0.6) is 0 Å². The minimum atomic E-state index is -0.00751. The summed E-state index contributed by atoms with van der Waals surface area (Å²) in [6.45, 7) is 8.75. The first-order valence-electron chi connectivity index (χ1n) is 12.1. The molecular weight excluding hydrogens is 396 g/mol. The average Bonchev–Trinajstić information content (AvgIpc) is 3.52. The Morgan fingerprint density at radius 2 is 1.94 bits per heavy atom. The van der Waals surface area contributed by atoms with Crippen LogP contribution in [0.1, 0.15) is 54.9 Å². The average molecular weight is 433 g/mol. The van der Waals surface area contributed by atoms with Gasteiger partial charge in [-0.25, -0.2) is 0 Å². The van der Waals surface area contributed by atoms with Gasteiger partial charge < -0.3 is 15.0 Å². The number of amides is 1. The SMILES string of the molecule is C=CC(NC(=O)c1ccc(N2CCC(OCc3ccccc3)C2)cc1)C1CCC(CC)C1. The number of nitrogens with one attached hydrogen (secondary N) is 1. The van der Waals surface area contributed by atoms with Gasteiger partial charge in [-0.2, -0.15) is 0 Å². The molecule has 4 unspecified atom stereocenters. The van der Waals surface area contributed by atoms with Crippen LogP contribution in [0, 0.1) is 11.8 Å². The molecule has 1 amide bonds. The molecule has 4 rings (SSSR count). The lowest BCUT2D eigenvalue weighted by Crippen LogP contribution is -2.38. The molecule has 4 nitrogen and oxygen atoms in total. The Labute approximate surface area is 192 Å². The molecule has 1 saturated heterocycles. The Hall–Kier alpha value is -2.59. The van der Waals surface area contributed by atoms with Gasteiger partial charge in [0, 0.05) is 30.4 Å². The van der Waals surface area contributed by atoms with Crippen LogP contribution in [0.25, 0.3) is 0 Å². The standard InChI is InChI=1S/C28H36N2O2/c1-3-21-10-11-24(18-21)27(4-2)29-28(31)23-12-14-25(15-13-23)30-17-16-26(19-30)32-20-22-8-6-5-7-9-22/h4-9,12-15,21,24,26-27H,2-3,10-11,16-20H2,1H3,(H,29,31). The van der Waals surface area contributed by atoms with Crippen molar-refractivity contribution in [2.24, 2.45) is 11.8 Å². The summed E-state index contributed by atoms with van der Waals surface area (Å²) in [7, 11) is 0. The van der Waals surface area contributed by atoms with Crippen molar-refractivity contribution < 1.29 is 9.53 Å². The van der Waals surface area contributed by atoms with Crippen LogP contribution in [0.3, 0.4) is 0 Å². The molecule has 32 heavy (non-hydrogen) atoms. The molecule has 2 aromatic carbocycles. The van der Waals surface area contributed by atoms with Gasteiger partial charge in [0.1, 0.15) is 0 Å². The lowest BCUT2D eigenvalue weighted by atomic mass is 9.95. The molecule has 0 spiro atoms. The van der Waals surface area contributed by atoms with Crippen molar-refractivity contribution >= 4 is 11.6 Å². The van der Waals surface area contributed by atoms with Crippen LogP contribution in [-0.4, -0.2) is 31.1 Å². The Morgan fingerprint density at radius 3 is 2.62 bits per heavy atom. The Morgan fingerprint density at radius 1 is 1.16 bits per heavy atom. The Kier molecular flexibility index (Phi) is 7.64. The molecule has 2 aliphatic rings. The molecule has 1 heterocycles. The highest BCUT2D eigenvalue weighted by Gasteiger charge is 2.29. The first-order chi connectivity index (χ1) is 15.7. The second-order valence-corrected chi connectivity index (χ2v) is 9.28. The molecule has 1 aliphatic heterocycles. The van der Waals surface area contributed by atoms with Gasteiger partial charge in [0.05, 0.1) is 12.7 Å². The molecule has 0 bridgehead atoms. The van der Waals surface area contributed by atoms with E-state index in [1.165, 1.54) is 31.2 Å². The van der Waals surface area contributed by atoms with Crippen molar-refractivity contribution in [3.8, 4) is 0 Å². The van der Waals surface area contributed by atoms with E-state index in [0.717, 1.165) is 31.1 Å². The summed E-state index contributed by atoms with van der Waals surface area (Å²) in [5.41, 5.74) is 3.07. The summed E-state index contributed by atoms with van der Waals surface area (Å²) in [5.74, 6) is 1.30. The second kappa shape index (κ2) is 10.8. The maximum atomic E-state index is 12.8. The molecule has 2 fully saturated rings. The number of nitrogens with zero attached hydrogens (tertiary/aromatic N) is 1. The molecule has 0 radical (unpaired) electrons. The Balaban J connectivity index is 1.28. The molecule has 1 N–H and O–H groups in total. The van der Waals surface area contributed by atoms with Gasteiger partial charge in [0.15, 0.2) is 0 Å². The lowest BCUT2D eigenvalue weighted by molar-refractivity contribution is 0.0553. The van der Waals surface area contributed by atoms with Crippen molar-refractivity contribution in [1.82, 2.24) is 5.32 Å². The molecule has 2 aromatic rings. The minimum absolute atomic E-state index is 0.00751. The van der Waals surface area contributed by atoms with E-state index in [9.17, 15) is 4.79 Å². The van der Waals surface area contributed by atoms with Crippen molar-refractivity contribution in [3.63, 3.8) is 0 Å². The summed E-state index contributed by atoms with van der Waals surface area (Å²) in [4.78, 5) is 15.2.